The number of aryl methyl sites for hydroxylation is 1. The van der Waals surface area contributed by atoms with E-state index < -0.39 is 53.5 Å². The summed E-state index contributed by atoms with van der Waals surface area (Å²) in [6, 6.07) is 8.67. The van der Waals surface area contributed by atoms with E-state index in [0.717, 1.165) is 10.5 Å². The minimum absolute atomic E-state index is 0.0952. The molecule has 6 unspecified atom stereocenters. The molecule has 3 rings (SSSR count). The predicted octanol–water partition coefficient (Wildman–Crippen LogP) is 3.69. The lowest BCUT2D eigenvalue weighted by molar-refractivity contribution is -0.205. The van der Waals surface area contributed by atoms with Gasteiger partial charge in [0.25, 0.3) is 5.91 Å². The monoisotopic (exact) mass is 597 g/mol. The maximum atomic E-state index is 13.4. The molecule has 0 aromatic heterocycles. The lowest BCUT2D eigenvalue weighted by Crippen LogP contribution is -2.60. The number of carbonyl (C=O) groups excluding carboxylic acids is 4. The molecule has 1 saturated heterocycles. The Morgan fingerprint density at radius 1 is 0.930 bits per heavy atom. The average molecular weight is 598 g/mol. The Morgan fingerprint density at radius 3 is 2.37 bits per heavy atom. The highest BCUT2D eigenvalue weighted by atomic mass is 16.5. The van der Waals surface area contributed by atoms with Crippen LogP contribution in [-0.4, -0.2) is 74.2 Å². The van der Waals surface area contributed by atoms with Crippen molar-refractivity contribution in [2.24, 2.45) is 17.8 Å². The zero-order valence-corrected chi connectivity index (χ0v) is 25.6. The molecule has 2 heterocycles. The van der Waals surface area contributed by atoms with Gasteiger partial charge in [0.05, 0.1) is 6.10 Å². The molecule has 9 heteroatoms. The summed E-state index contributed by atoms with van der Waals surface area (Å²) in [5.74, 6) is -7.98. The second-order valence-corrected chi connectivity index (χ2v) is 12.1. The van der Waals surface area contributed by atoms with Gasteiger partial charge < -0.3 is 25.0 Å². The number of hydrogen-bond donors (Lipinski definition) is 3. The van der Waals surface area contributed by atoms with E-state index in [9.17, 15) is 34.5 Å². The number of carbonyl (C=O) groups is 4. The number of rotatable bonds is 3. The van der Waals surface area contributed by atoms with Gasteiger partial charge in [0.15, 0.2) is 0 Å². The van der Waals surface area contributed by atoms with E-state index in [1.54, 1.807) is 31.2 Å². The summed E-state index contributed by atoms with van der Waals surface area (Å²) in [6.07, 6.45) is 9.26. The normalized spacial score (nSPS) is 31.8. The molecule has 1 fully saturated rings. The summed E-state index contributed by atoms with van der Waals surface area (Å²) in [6.45, 7) is 5.15. The van der Waals surface area contributed by atoms with Crippen molar-refractivity contribution in [1.82, 2.24) is 4.90 Å². The lowest BCUT2D eigenvalue weighted by Gasteiger charge is -2.37. The highest BCUT2D eigenvalue weighted by Crippen LogP contribution is 2.27. The number of fused-ring (bicyclic) bond motifs is 1. The second kappa shape index (κ2) is 16.1. The van der Waals surface area contributed by atoms with Crippen LogP contribution in [0.25, 0.3) is 0 Å². The molecule has 1 aromatic rings. The Kier molecular flexibility index (Phi) is 12.8. The van der Waals surface area contributed by atoms with Gasteiger partial charge >= 0.3 is 11.8 Å². The van der Waals surface area contributed by atoms with Crippen molar-refractivity contribution >= 4 is 23.4 Å². The van der Waals surface area contributed by atoms with E-state index in [2.05, 4.69) is 0 Å². The van der Waals surface area contributed by atoms with Crippen LogP contribution >= 0.6 is 0 Å². The van der Waals surface area contributed by atoms with Gasteiger partial charge in [-0.3, -0.25) is 14.4 Å². The second-order valence-electron chi connectivity index (χ2n) is 12.1. The van der Waals surface area contributed by atoms with Gasteiger partial charge in [-0.25, -0.2) is 4.79 Å². The lowest BCUT2D eigenvalue weighted by atomic mass is 9.85. The van der Waals surface area contributed by atoms with E-state index in [1.807, 2.05) is 37.3 Å². The fourth-order valence-corrected chi connectivity index (χ4v) is 5.81. The van der Waals surface area contributed by atoms with Crippen LogP contribution in [0.3, 0.4) is 0 Å². The van der Waals surface area contributed by atoms with E-state index >= 15 is 0 Å². The van der Waals surface area contributed by atoms with Crippen LogP contribution < -0.4 is 0 Å². The third-order valence-electron chi connectivity index (χ3n) is 8.74. The van der Waals surface area contributed by atoms with Gasteiger partial charge in [0, 0.05) is 24.8 Å². The van der Waals surface area contributed by atoms with Crippen LogP contribution in [-0.2, 0) is 30.3 Å². The van der Waals surface area contributed by atoms with E-state index in [1.165, 1.54) is 6.92 Å². The van der Waals surface area contributed by atoms with Gasteiger partial charge in [-0.05, 0) is 62.5 Å². The first kappa shape index (κ1) is 34.4. The SMILES string of the molecule is CC1CCCC(C)C(O)C(C)C(=O)C/C=C/C=C/C(CCc2ccccc2)OC(=O)C2CCCCN2C(=O)C(O)(O)C1=O. The molecular weight excluding hydrogens is 550 g/mol. The van der Waals surface area contributed by atoms with Crippen molar-refractivity contribution < 1.29 is 39.2 Å². The number of Topliss-reactive ketones (excluding diaryl/α,β-unsaturated/α-hetero) is 2. The number of aliphatic hydroxyl groups excluding tert-OH is 1. The number of hydrogen-bond acceptors (Lipinski definition) is 8. The smallest absolute Gasteiger partial charge is 0.329 e. The standard InChI is InChI=1S/C34H47NO8/c1-23-13-12-14-24(2)31(38)34(41,42)33(40)35-22-11-10-18-28(35)32(39)43-27(21-20-26-15-6-4-7-16-26)17-8-5-9-19-29(36)25(3)30(23)37/h4-9,15-17,23-25,27-28,30,37,41-42H,10-14,18-22H2,1-3H3/b9-5+,17-8+. The Morgan fingerprint density at radius 2 is 1.65 bits per heavy atom. The molecule has 0 bridgehead atoms. The fraction of sp³-hybridized carbons (Fsp3) is 0.588. The first-order valence-corrected chi connectivity index (χ1v) is 15.5. The molecule has 236 valence electrons. The number of allylic oxidation sites excluding steroid dienone is 3. The maximum absolute atomic E-state index is 13.4. The summed E-state index contributed by atoms with van der Waals surface area (Å²) >= 11 is 0. The van der Waals surface area contributed by atoms with Crippen molar-refractivity contribution in [3.63, 3.8) is 0 Å². The first-order chi connectivity index (χ1) is 20.4. The third-order valence-corrected chi connectivity index (χ3v) is 8.74. The topological polar surface area (TPSA) is 141 Å². The van der Waals surface area contributed by atoms with E-state index in [0.29, 0.717) is 38.5 Å². The number of nitrogens with zero attached hydrogens (tertiary/aromatic N) is 1. The quantitative estimate of drug-likeness (QED) is 0.272. The zero-order valence-electron chi connectivity index (χ0n) is 25.6. The summed E-state index contributed by atoms with van der Waals surface area (Å²) in [5.41, 5.74) is 1.06. The van der Waals surface area contributed by atoms with Gasteiger partial charge in [-0.1, -0.05) is 75.8 Å². The van der Waals surface area contributed by atoms with Crippen LogP contribution in [0.1, 0.15) is 77.7 Å². The molecule has 0 spiro atoms. The average Bonchev–Trinajstić information content (AvgIpc) is 3.01. The zero-order chi connectivity index (χ0) is 31.6. The van der Waals surface area contributed by atoms with Crippen LogP contribution in [0.4, 0.5) is 0 Å². The Bertz CT molecular complexity index is 1160. The van der Waals surface area contributed by atoms with Gasteiger partial charge in [-0.15, -0.1) is 0 Å². The van der Waals surface area contributed by atoms with Crippen molar-refractivity contribution in [3.8, 4) is 0 Å². The molecule has 1 amide bonds. The van der Waals surface area contributed by atoms with Gasteiger partial charge in [0.2, 0.25) is 5.78 Å². The summed E-state index contributed by atoms with van der Waals surface area (Å²) in [5, 5.41) is 32.3. The molecule has 2 aliphatic heterocycles. The number of piperidine rings is 1. The molecule has 43 heavy (non-hydrogen) atoms. The molecule has 0 aliphatic carbocycles. The minimum atomic E-state index is -3.28. The largest absolute Gasteiger partial charge is 0.457 e. The fourth-order valence-electron chi connectivity index (χ4n) is 5.81. The van der Waals surface area contributed by atoms with Crippen molar-refractivity contribution in [3.05, 3.63) is 60.2 Å². The number of cyclic esters (lactones) is 1. The van der Waals surface area contributed by atoms with Crippen molar-refractivity contribution in [1.29, 1.82) is 0 Å². The molecule has 3 N–H and O–H groups in total. The van der Waals surface area contributed by atoms with E-state index in [4.69, 9.17) is 4.74 Å². The van der Waals surface area contributed by atoms with Gasteiger partial charge in [-0.2, -0.15) is 0 Å². The van der Waals surface area contributed by atoms with Gasteiger partial charge in [0.1, 0.15) is 17.9 Å². The molecule has 0 radical (unpaired) electrons. The first-order valence-electron chi connectivity index (χ1n) is 15.5. The van der Waals surface area contributed by atoms with Crippen LogP contribution in [0, 0.1) is 17.8 Å². The third kappa shape index (κ3) is 9.42. The summed E-state index contributed by atoms with van der Waals surface area (Å²) in [7, 11) is 0. The number of esters is 1. The molecule has 1 aromatic carbocycles. The highest BCUT2D eigenvalue weighted by Gasteiger charge is 2.49. The van der Waals surface area contributed by atoms with Crippen LogP contribution in [0.5, 0.6) is 0 Å². The molecule has 6 atom stereocenters. The van der Waals surface area contributed by atoms with Crippen LogP contribution in [0.2, 0.25) is 0 Å². The molecular formula is C34H47NO8. The van der Waals surface area contributed by atoms with Crippen LogP contribution in [0.15, 0.2) is 54.6 Å². The number of ether oxygens (including phenoxy) is 1. The summed E-state index contributed by atoms with van der Waals surface area (Å²) in [4.78, 5) is 53.7. The molecule has 9 nitrogen and oxygen atoms in total. The Balaban J connectivity index is 1.88. The summed E-state index contributed by atoms with van der Waals surface area (Å²) < 4.78 is 5.87. The number of amides is 1. The molecule has 2 aliphatic rings. The predicted molar refractivity (Wildman–Crippen MR) is 161 cm³/mol. The van der Waals surface area contributed by atoms with Crippen molar-refractivity contribution in [2.45, 2.75) is 103 Å². The number of ketones is 2. The number of benzene rings is 1. The van der Waals surface area contributed by atoms with E-state index in [-0.39, 0.29) is 37.5 Å². The Hall–Kier alpha value is -3.14. The maximum Gasteiger partial charge on any atom is 0.329 e. The molecule has 0 saturated carbocycles. The highest BCUT2D eigenvalue weighted by molar-refractivity contribution is 6.08. The Labute approximate surface area is 254 Å². The minimum Gasteiger partial charge on any atom is -0.457 e. The number of aliphatic hydroxyl groups is 3. The van der Waals surface area contributed by atoms with Crippen molar-refractivity contribution in [2.75, 3.05) is 6.54 Å².